The SMILES string of the molecule is ON=C1CCc2c(OCc3ccc(I)cc3)cccc21. The van der Waals surface area contributed by atoms with E-state index in [0.717, 1.165) is 41.0 Å². The molecule has 0 saturated heterocycles. The molecule has 0 radical (unpaired) electrons. The van der Waals surface area contributed by atoms with Crippen molar-refractivity contribution in [3.63, 3.8) is 0 Å². The molecule has 2 aromatic rings. The Labute approximate surface area is 131 Å². The van der Waals surface area contributed by atoms with Gasteiger partial charge in [-0.2, -0.15) is 0 Å². The van der Waals surface area contributed by atoms with Gasteiger partial charge in [0.05, 0.1) is 5.71 Å². The first kappa shape index (κ1) is 13.4. The number of rotatable bonds is 3. The van der Waals surface area contributed by atoms with Gasteiger partial charge in [0, 0.05) is 14.7 Å². The maximum atomic E-state index is 8.98. The van der Waals surface area contributed by atoms with Gasteiger partial charge in [0.25, 0.3) is 0 Å². The summed E-state index contributed by atoms with van der Waals surface area (Å²) in [5.74, 6) is 0.889. The summed E-state index contributed by atoms with van der Waals surface area (Å²) < 4.78 is 7.15. The summed E-state index contributed by atoms with van der Waals surface area (Å²) in [5, 5.41) is 12.3. The highest BCUT2D eigenvalue weighted by atomic mass is 127. The third-order valence-electron chi connectivity index (χ3n) is 3.48. The molecule has 102 valence electrons. The second-order valence-corrected chi connectivity index (χ2v) is 5.99. The zero-order valence-electron chi connectivity index (χ0n) is 10.8. The van der Waals surface area contributed by atoms with Crippen LogP contribution in [0.2, 0.25) is 0 Å². The lowest BCUT2D eigenvalue weighted by Crippen LogP contribution is -1.99. The number of halogens is 1. The van der Waals surface area contributed by atoms with Gasteiger partial charge in [0.2, 0.25) is 0 Å². The molecule has 3 nitrogen and oxygen atoms in total. The average Bonchev–Trinajstić information content (AvgIpc) is 2.90. The van der Waals surface area contributed by atoms with E-state index in [0.29, 0.717) is 6.61 Å². The van der Waals surface area contributed by atoms with Crippen LogP contribution in [0, 0.1) is 3.57 Å². The lowest BCUT2D eigenvalue weighted by Gasteiger charge is -2.10. The molecule has 0 saturated carbocycles. The number of oxime groups is 1. The van der Waals surface area contributed by atoms with Gasteiger partial charge in [0.15, 0.2) is 0 Å². The molecule has 0 atom stereocenters. The summed E-state index contributed by atoms with van der Waals surface area (Å²) in [7, 11) is 0. The first-order valence-corrected chi connectivity index (χ1v) is 7.56. The molecule has 0 spiro atoms. The van der Waals surface area contributed by atoms with E-state index in [9.17, 15) is 0 Å². The highest BCUT2D eigenvalue weighted by Crippen LogP contribution is 2.31. The molecule has 0 heterocycles. The van der Waals surface area contributed by atoms with Crippen LogP contribution in [0.1, 0.15) is 23.1 Å². The van der Waals surface area contributed by atoms with Crippen molar-refractivity contribution in [1.29, 1.82) is 0 Å². The highest BCUT2D eigenvalue weighted by Gasteiger charge is 2.21. The molecule has 3 rings (SSSR count). The van der Waals surface area contributed by atoms with Gasteiger partial charge in [-0.3, -0.25) is 0 Å². The fraction of sp³-hybridized carbons (Fsp3) is 0.188. The molecular weight excluding hydrogens is 365 g/mol. The number of nitrogens with zero attached hydrogens (tertiary/aromatic N) is 1. The fourth-order valence-corrected chi connectivity index (χ4v) is 2.81. The Morgan fingerprint density at radius 2 is 1.90 bits per heavy atom. The van der Waals surface area contributed by atoms with Gasteiger partial charge in [0.1, 0.15) is 12.4 Å². The minimum absolute atomic E-state index is 0.555. The predicted octanol–water partition coefficient (Wildman–Crippen LogP) is 3.99. The van der Waals surface area contributed by atoms with Crippen molar-refractivity contribution >= 4 is 28.3 Å². The maximum Gasteiger partial charge on any atom is 0.123 e. The summed E-state index contributed by atoms with van der Waals surface area (Å²) in [6.07, 6.45) is 1.65. The lowest BCUT2D eigenvalue weighted by molar-refractivity contribution is 0.303. The second kappa shape index (κ2) is 5.83. The summed E-state index contributed by atoms with van der Waals surface area (Å²) >= 11 is 2.29. The van der Waals surface area contributed by atoms with Gasteiger partial charge in [-0.25, -0.2) is 0 Å². The molecule has 4 heteroatoms. The Balaban J connectivity index is 1.79. The summed E-state index contributed by atoms with van der Waals surface area (Å²) in [6, 6.07) is 14.2. The van der Waals surface area contributed by atoms with Gasteiger partial charge in [-0.05, 0) is 59.2 Å². The van der Waals surface area contributed by atoms with E-state index in [1.807, 2.05) is 18.2 Å². The minimum Gasteiger partial charge on any atom is -0.489 e. The van der Waals surface area contributed by atoms with Crippen molar-refractivity contribution in [1.82, 2.24) is 0 Å². The van der Waals surface area contributed by atoms with E-state index in [1.54, 1.807) is 0 Å². The van der Waals surface area contributed by atoms with Crippen molar-refractivity contribution in [2.45, 2.75) is 19.4 Å². The molecule has 0 amide bonds. The van der Waals surface area contributed by atoms with E-state index in [-0.39, 0.29) is 0 Å². The largest absolute Gasteiger partial charge is 0.489 e. The van der Waals surface area contributed by atoms with Gasteiger partial charge >= 0.3 is 0 Å². The fourth-order valence-electron chi connectivity index (χ4n) is 2.45. The van der Waals surface area contributed by atoms with Gasteiger partial charge < -0.3 is 9.94 Å². The molecule has 1 N–H and O–H groups in total. The normalized spacial score (nSPS) is 15.3. The third kappa shape index (κ3) is 2.65. The Morgan fingerprint density at radius 3 is 2.65 bits per heavy atom. The Kier molecular flexibility index (Phi) is 3.91. The second-order valence-electron chi connectivity index (χ2n) is 4.74. The Hall–Kier alpha value is -1.56. The number of benzene rings is 2. The molecule has 0 bridgehead atoms. The zero-order chi connectivity index (χ0) is 13.9. The lowest BCUT2D eigenvalue weighted by atomic mass is 10.1. The van der Waals surface area contributed by atoms with Crippen LogP contribution >= 0.6 is 22.6 Å². The molecule has 0 aliphatic heterocycles. The van der Waals surface area contributed by atoms with Crippen molar-refractivity contribution in [2.24, 2.45) is 5.16 Å². The van der Waals surface area contributed by atoms with Crippen LogP contribution in [0.25, 0.3) is 0 Å². The number of hydrogen-bond acceptors (Lipinski definition) is 3. The number of fused-ring (bicyclic) bond motifs is 1. The quantitative estimate of drug-likeness (QED) is 0.498. The van der Waals surface area contributed by atoms with Crippen LogP contribution in [-0.4, -0.2) is 10.9 Å². The average molecular weight is 379 g/mol. The van der Waals surface area contributed by atoms with Crippen molar-refractivity contribution in [3.8, 4) is 5.75 Å². The first-order valence-electron chi connectivity index (χ1n) is 6.48. The van der Waals surface area contributed by atoms with Crippen LogP contribution in [0.15, 0.2) is 47.6 Å². The third-order valence-corrected chi connectivity index (χ3v) is 4.20. The summed E-state index contributed by atoms with van der Waals surface area (Å²) in [6.45, 7) is 0.555. The van der Waals surface area contributed by atoms with E-state index in [4.69, 9.17) is 9.94 Å². The van der Waals surface area contributed by atoms with E-state index in [2.05, 4.69) is 52.0 Å². The molecule has 20 heavy (non-hydrogen) atoms. The smallest absolute Gasteiger partial charge is 0.123 e. The molecule has 0 fully saturated rings. The summed E-state index contributed by atoms with van der Waals surface area (Å²) in [5.41, 5.74) is 4.05. The zero-order valence-corrected chi connectivity index (χ0v) is 13.0. The van der Waals surface area contributed by atoms with Crippen molar-refractivity contribution in [2.75, 3.05) is 0 Å². The summed E-state index contributed by atoms with van der Waals surface area (Å²) in [4.78, 5) is 0. The van der Waals surface area contributed by atoms with E-state index >= 15 is 0 Å². The van der Waals surface area contributed by atoms with Crippen molar-refractivity contribution in [3.05, 3.63) is 62.7 Å². The Morgan fingerprint density at radius 1 is 1.10 bits per heavy atom. The topological polar surface area (TPSA) is 41.8 Å². The van der Waals surface area contributed by atoms with Crippen molar-refractivity contribution < 1.29 is 9.94 Å². The minimum atomic E-state index is 0.555. The maximum absolute atomic E-state index is 8.98. The van der Waals surface area contributed by atoms with E-state index in [1.165, 1.54) is 3.57 Å². The van der Waals surface area contributed by atoms with Gasteiger partial charge in [-0.1, -0.05) is 29.4 Å². The van der Waals surface area contributed by atoms with Crippen LogP contribution in [0.3, 0.4) is 0 Å². The van der Waals surface area contributed by atoms with Crippen LogP contribution < -0.4 is 4.74 Å². The molecule has 2 aromatic carbocycles. The number of ether oxygens (including phenoxy) is 1. The molecular formula is C16H14INO2. The molecule has 1 aliphatic carbocycles. The molecule has 1 aliphatic rings. The highest BCUT2D eigenvalue weighted by molar-refractivity contribution is 14.1. The van der Waals surface area contributed by atoms with Gasteiger partial charge in [-0.15, -0.1) is 0 Å². The van der Waals surface area contributed by atoms with E-state index < -0.39 is 0 Å². The molecule has 0 aromatic heterocycles. The predicted molar refractivity (Wildman–Crippen MR) is 86.6 cm³/mol. The standard InChI is InChI=1S/C16H14INO2/c17-12-6-4-11(5-7-12)10-20-16-3-1-2-13-14(16)8-9-15(13)18-19/h1-7,19H,8-10H2. The Bertz CT molecular complexity index is 650. The van der Waals surface area contributed by atoms with Crippen LogP contribution in [0.5, 0.6) is 5.75 Å². The number of hydrogen-bond donors (Lipinski definition) is 1. The molecule has 0 unspecified atom stereocenters. The van der Waals surface area contributed by atoms with Crippen LogP contribution in [0.4, 0.5) is 0 Å². The monoisotopic (exact) mass is 379 g/mol. The van der Waals surface area contributed by atoms with Crippen LogP contribution in [-0.2, 0) is 13.0 Å². The first-order chi connectivity index (χ1) is 9.78.